The Morgan fingerprint density at radius 2 is 1.62 bits per heavy atom. The third-order valence-corrected chi connectivity index (χ3v) is 13.5. The molecule has 1 atom stereocenters. The number of nitrogens with zero attached hydrogens (tertiary/aromatic N) is 7. The van der Waals surface area contributed by atoms with Crippen LogP contribution in [-0.4, -0.2) is 117 Å². The first-order chi connectivity index (χ1) is 28.2. The van der Waals surface area contributed by atoms with Gasteiger partial charge in [-0.3, -0.25) is 29.7 Å². The summed E-state index contributed by atoms with van der Waals surface area (Å²) < 4.78 is 12.9. The van der Waals surface area contributed by atoms with Crippen LogP contribution in [0.4, 0.5) is 11.5 Å². The molecule has 0 bridgehead atoms. The highest BCUT2D eigenvalue weighted by Gasteiger charge is 2.41. The van der Waals surface area contributed by atoms with Crippen LogP contribution in [0.5, 0.6) is 5.75 Å². The molecule has 0 spiro atoms. The number of rotatable bonds is 10. The van der Waals surface area contributed by atoms with Crippen molar-refractivity contribution in [2.24, 2.45) is 5.92 Å². The lowest BCUT2D eigenvalue weighted by atomic mass is 9.86. The molecule has 6 aliphatic rings. The molecule has 4 aromatic rings. The summed E-state index contributed by atoms with van der Waals surface area (Å²) in [7, 11) is 0. The maximum Gasteiger partial charge on any atom is 0.255 e. The summed E-state index contributed by atoms with van der Waals surface area (Å²) in [6.45, 7) is 9.47. The number of imide groups is 1. The number of fused-ring (bicyclic) bond motifs is 2. The number of aromatic amines is 1. The van der Waals surface area contributed by atoms with Crippen LogP contribution < -0.4 is 19.9 Å². The lowest BCUT2D eigenvalue weighted by molar-refractivity contribution is -0.136. The van der Waals surface area contributed by atoms with Gasteiger partial charge in [0.15, 0.2) is 0 Å². The second-order valence-corrected chi connectivity index (χ2v) is 17.6. The Morgan fingerprint density at radius 3 is 2.40 bits per heavy atom. The van der Waals surface area contributed by atoms with Gasteiger partial charge in [0.1, 0.15) is 35.2 Å². The minimum absolute atomic E-state index is 0.0389. The van der Waals surface area contributed by atoms with Gasteiger partial charge in [-0.2, -0.15) is 5.10 Å². The Bertz CT molecular complexity index is 2200. The van der Waals surface area contributed by atoms with Gasteiger partial charge in [-0.05, 0) is 113 Å². The highest BCUT2D eigenvalue weighted by Crippen LogP contribution is 2.41. The summed E-state index contributed by atoms with van der Waals surface area (Å²) in [5.74, 6) is 1.76. The van der Waals surface area contributed by atoms with Crippen LogP contribution in [0.3, 0.4) is 0 Å². The van der Waals surface area contributed by atoms with E-state index >= 15 is 0 Å². The normalized spacial score (nSPS) is 25.3. The fourth-order valence-electron chi connectivity index (χ4n) is 9.72. The number of carbonyl (C=O) groups is 3. The zero-order valence-corrected chi connectivity index (χ0v) is 33.3. The second kappa shape index (κ2) is 15.3. The maximum absolute atomic E-state index is 13.1. The van der Waals surface area contributed by atoms with E-state index in [-0.39, 0.29) is 35.8 Å². The zero-order chi connectivity index (χ0) is 39.4. The number of benzene rings is 2. The van der Waals surface area contributed by atoms with Crippen LogP contribution in [0.2, 0.25) is 0 Å². The Morgan fingerprint density at radius 1 is 0.828 bits per heavy atom. The molecule has 14 nitrogen and oxygen atoms in total. The van der Waals surface area contributed by atoms with Crippen molar-refractivity contribution in [1.82, 2.24) is 35.3 Å². The van der Waals surface area contributed by atoms with Gasteiger partial charge in [0, 0.05) is 81.5 Å². The molecule has 6 heterocycles. The average Bonchev–Trinajstić information content (AvgIpc) is 3.66. The van der Waals surface area contributed by atoms with Gasteiger partial charge in [-0.25, -0.2) is 9.97 Å². The molecule has 3 saturated heterocycles. The van der Waals surface area contributed by atoms with Crippen LogP contribution >= 0.6 is 0 Å². The quantitative estimate of drug-likeness (QED) is 0.208. The van der Waals surface area contributed by atoms with Gasteiger partial charge >= 0.3 is 0 Å². The minimum atomic E-state index is -0.591. The summed E-state index contributed by atoms with van der Waals surface area (Å²) in [4.78, 5) is 55.5. The number of piperazine rings is 1. The van der Waals surface area contributed by atoms with Gasteiger partial charge < -0.3 is 24.2 Å². The molecule has 2 N–H and O–H groups in total. The monoisotopic (exact) mass is 787 g/mol. The molecule has 2 aliphatic carbocycles. The molecule has 58 heavy (non-hydrogen) atoms. The number of amides is 3. The number of hydrogen-bond acceptors (Lipinski definition) is 11. The van der Waals surface area contributed by atoms with E-state index in [9.17, 15) is 14.4 Å². The van der Waals surface area contributed by atoms with E-state index in [2.05, 4.69) is 65.3 Å². The van der Waals surface area contributed by atoms with E-state index in [0.717, 1.165) is 129 Å². The van der Waals surface area contributed by atoms with E-state index in [1.54, 1.807) is 11.2 Å². The Hall–Kier alpha value is -5.08. The van der Waals surface area contributed by atoms with Crippen molar-refractivity contribution in [1.29, 1.82) is 0 Å². The van der Waals surface area contributed by atoms with Gasteiger partial charge in [-0.1, -0.05) is 0 Å². The number of aromatic nitrogens is 4. The Labute approximate surface area is 338 Å². The standard InChI is InChI=1S/C44H53N9O5/c1-44(14-15-44)58-33-7-9-36-35(23-33)41(49-48-36)37-24-39(46-27-45-37)52-20-18-50(19-21-52)25-28-2-5-31(6-3-28)57-32-12-16-51(17-13-32)30-4-8-34-29(22-30)26-53(43(34)56)38-10-11-40(54)47-42(38)55/h4,7-9,22-24,27-28,31-32,38H,2-3,5-6,10-21,25-26H2,1H3,(H,48,49)(H,47,54,55). The highest BCUT2D eigenvalue weighted by atomic mass is 16.5. The molecule has 2 aromatic carbocycles. The number of hydrogen-bond donors (Lipinski definition) is 2. The molecule has 10 rings (SSSR count). The number of ether oxygens (including phenoxy) is 2. The average molecular weight is 788 g/mol. The van der Waals surface area contributed by atoms with E-state index in [0.29, 0.717) is 30.6 Å². The van der Waals surface area contributed by atoms with Gasteiger partial charge in [0.2, 0.25) is 11.8 Å². The van der Waals surface area contributed by atoms with Crippen molar-refractivity contribution >= 4 is 40.1 Å². The zero-order valence-electron chi connectivity index (χ0n) is 33.3. The summed E-state index contributed by atoms with van der Waals surface area (Å²) >= 11 is 0. The minimum Gasteiger partial charge on any atom is -0.488 e. The van der Waals surface area contributed by atoms with Crippen LogP contribution in [-0.2, 0) is 20.9 Å². The topological polar surface area (TPSA) is 149 Å². The largest absolute Gasteiger partial charge is 0.488 e. The number of carbonyl (C=O) groups excluding carboxylic acids is 3. The smallest absolute Gasteiger partial charge is 0.255 e. The molecule has 1 unspecified atom stereocenters. The van der Waals surface area contributed by atoms with Crippen LogP contribution in [0.15, 0.2) is 48.8 Å². The molecular formula is C44H53N9O5. The first-order valence-corrected chi connectivity index (χ1v) is 21.4. The number of anilines is 2. The third-order valence-electron chi connectivity index (χ3n) is 13.5. The van der Waals surface area contributed by atoms with Crippen LogP contribution in [0, 0.1) is 5.92 Å². The third kappa shape index (κ3) is 7.63. The van der Waals surface area contributed by atoms with Crippen molar-refractivity contribution in [3.63, 3.8) is 0 Å². The van der Waals surface area contributed by atoms with Gasteiger partial charge in [0.25, 0.3) is 5.91 Å². The number of nitrogens with one attached hydrogen (secondary N) is 2. The molecule has 3 amide bonds. The summed E-state index contributed by atoms with van der Waals surface area (Å²) in [6, 6.07) is 13.6. The fraction of sp³-hybridized carbons (Fsp3) is 0.545. The SMILES string of the molecule is CC1(Oc2ccc3[nH]nc(-c4cc(N5CCN(CC6CCC(OC7CCN(c8ccc9c(c8)CN(C8CCC(=O)NC8=O)C9=O)CC7)CC6)CC5)ncn4)c3c2)CC1. The van der Waals surface area contributed by atoms with Crippen molar-refractivity contribution in [3.05, 3.63) is 59.9 Å². The number of H-pyrrole nitrogens is 1. The Kier molecular flexibility index (Phi) is 9.79. The Balaban J connectivity index is 0.660. The predicted octanol–water partition coefficient (Wildman–Crippen LogP) is 5.08. The van der Waals surface area contributed by atoms with E-state index in [1.807, 2.05) is 24.3 Å². The predicted molar refractivity (Wildman–Crippen MR) is 219 cm³/mol. The highest BCUT2D eigenvalue weighted by molar-refractivity contribution is 6.05. The molecule has 5 fully saturated rings. The van der Waals surface area contributed by atoms with Crippen LogP contribution in [0.25, 0.3) is 22.3 Å². The van der Waals surface area contributed by atoms with Crippen molar-refractivity contribution in [2.75, 3.05) is 55.6 Å². The fourth-order valence-corrected chi connectivity index (χ4v) is 9.72. The molecule has 2 saturated carbocycles. The summed E-state index contributed by atoms with van der Waals surface area (Å²) in [5, 5.41) is 11.2. The second-order valence-electron chi connectivity index (χ2n) is 17.6. The van der Waals surface area contributed by atoms with Crippen LogP contribution in [0.1, 0.15) is 87.1 Å². The van der Waals surface area contributed by atoms with Crippen molar-refractivity contribution in [2.45, 2.75) is 102 Å². The lowest BCUT2D eigenvalue weighted by Gasteiger charge is -2.39. The molecule has 2 aromatic heterocycles. The summed E-state index contributed by atoms with van der Waals surface area (Å²) in [5.41, 5.74) is 5.29. The number of piperidine rings is 2. The van der Waals surface area contributed by atoms with E-state index < -0.39 is 6.04 Å². The maximum atomic E-state index is 13.1. The van der Waals surface area contributed by atoms with E-state index in [1.165, 1.54) is 12.8 Å². The van der Waals surface area contributed by atoms with E-state index in [4.69, 9.17) is 9.47 Å². The lowest BCUT2D eigenvalue weighted by Crippen LogP contribution is -2.52. The van der Waals surface area contributed by atoms with Gasteiger partial charge in [0.05, 0.1) is 23.4 Å². The first kappa shape index (κ1) is 37.2. The first-order valence-electron chi connectivity index (χ1n) is 21.4. The van der Waals surface area contributed by atoms with Gasteiger partial charge in [-0.15, -0.1) is 0 Å². The molecule has 0 radical (unpaired) electrons. The summed E-state index contributed by atoms with van der Waals surface area (Å²) in [6.07, 6.45) is 11.8. The van der Waals surface area contributed by atoms with Crippen molar-refractivity contribution < 1.29 is 23.9 Å². The molecule has 4 aliphatic heterocycles. The molecule has 304 valence electrons. The molecular weight excluding hydrogens is 735 g/mol. The van der Waals surface area contributed by atoms with Crippen molar-refractivity contribution in [3.8, 4) is 17.1 Å². The molecule has 14 heteroatoms.